The summed E-state index contributed by atoms with van der Waals surface area (Å²) in [5.74, 6) is 1.27. The molecule has 0 amide bonds. The Balaban J connectivity index is 2.08. The van der Waals surface area contributed by atoms with Gasteiger partial charge >= 0.3 is 5.97 Å². The van der Waals surface area contributed by atoms with E-state index in [1.807, 2.05) is 12.1 Å². The molecule has 1 aromatic rings. The second-order valence-corrected chi connectivity index (χ2v) is 5.36. The molecular formula is C16H22O4. The van der Waals surface area contributed by atoms with Crippen molar-refractivity contribution in [3.8, 4) is 11.5 Å². The molecule has 1 aliphatic carbocycles. The van der Waals surface area contributed by atoms with Gasteiger partial charge in [-0.05, 0) is 37.2 Å². The number of benzene rings is 1. The number of ether oxygens (including phenoxy) is 2. The van der Waals surface area contributed by atoms with Gasteiger partial charge in [-0.15, -0.1) is 0 Å². The van der Waals surface area contributed by atoms with Crippen molar-refractivity contribution in [2.24, 2.45) is 11.8 Å². The van der Waals surface area contributed by atoms with Crippen molar-refractivity contribution >= 4 is 5.97 Å². The first-order valence-electron chi connectivity index (χ1n) is 7.06. The zero-order valence-electron chi connectivity index (χ0n) is 12.3. The molecule has 2 rings (SSSR count). The molecule has 0 bridgehead atoms. The largest absolute Gasteiger partial charge is 0.504 e. The van der Waals surface area contributed by atoms with E-state index in [1.165, 1.54) is 7.11 Å². The van der Waals surface area contributed by atoms with Gasteiger partial charge in [0, 0.05) is 5.56 Å². The average Bonchev–Trinajstić information content (AvgIpc) is 3.24. The summed E-state index contributed by atoms with van der Waals surface area (Å²) in [6, 6.07) is 5.57. The number of aromatic hydroxyl groups is 1. The van der Waals surface area contributed by atoms with Gasteiger partial charge in [0.05, 0.1) is 20.1 Å². The Bertz CT molecular complexity index is 483. The third-order valence-corrected chi connectivity index (χ3v) is 4.20. The summed E-state index contributed by atoms with van der Waals surface area (Å²) < 4.78 is 9.93. The zero-order valence-corrected chi connectivity index (χ0v) is 12.3. The molecule has 0 saturated heterocycles. The number of rotatable bonds is 6. The van der Waals surface area contributed by atoms with Crippen molar-refractivity contribution in [1.82, 2.24) is 0 Å². The maximum absolute atomic E-state index is 11.5. The molecule has 20 heavy (non-hydrogen) atoms. The zero-order chi connectivity index (χ0) is 14.7. The summed E-state index contributed by atoms with van der Waals surface area (Å²) in [6.07, 6.45) is 2.72. The van der Waals surface area contributed by atoms with E-state index in [-0.39, 0.29) is 23.6 Å². The molecule has 0 aromatic heterocycles. The average molecular weight is 278 g/mol. The fraction of sp³-hybridized carbons (Fsp3) is 0.562. The van der Waals surface area contributed by atoms with Crippen molar-refractivity contribution < 1.29 is 19.4 Å². The minimum Gasteiger partial charge on any atom is -0.504 e. The van der Waals surface area contributed by atoms with Crippen LogP contribution >= 0.6 is 0 Å². The second-order valence-electron chi connectivity index (χ2n) is 5.36. The lowest BCUT2D eigenvalue weighted by atomic mass is 9.89. The van der Waals surface area contributed by atoms with Crippen molar-refractivity contribution in [3.05, 3.63) is 23.8 Å². The lowest BCUT2D eigenvalue weighted by Crippen LogP contribution is -2.07. The van der Waals surface area contributed by atoms with Crippen LogP contribution in [-0.2, 0) is 9.53 Å². The van der Waals surface area contributed by atoms with E-state index in [0.29, 0.717) is 11.7 Å². The molecule has 0 heterocycles. The number of hydrogen-bond donors (Lipinski definition) is 1. The lowest BCUT2D eigenvalue weighted by Gasteiger charge is -2.18. The Morgan fingerprint density at radius 3 is 2.80 bits per heavy atom. The first-order chi connectivity index (χ1) is 9.62. The number of hydrogen-bond acceptors (Lipinski definition) is 4. The molecule has 0 spiro atoms. The number of phenolic OH excluding ortho intramolecular Hbond substituents is 1. The van der Waals surface area contributed by atoms with Crippen LogP contribution in [0, 0.1) is 11.8 Å². The van der Waals surface area contributed by atoms with E-state index in [2.05, 4.69) is 6.92 Å². The molecule has 110 valence electrons. The number of esters is 1. The summed E-state index contributed by atoms with van der Waals surface area (Å²) >= 11 is 0. The van der Waals surface area contributed by atoms with Gasteiger partial charge in [0.25, 0.3) is 0 Å². The van der Waals surface area contributed by atoms with E-state index < -0.39 is 0 Å². The first-order valence-corrected chi connectivity index (χ1v) is 7.06. The van der Waals surface area contributed by atoms with Crippen molar-refractivity contribution in [1.29, 1.82) is 0 Å². The monoisotopic (exact) mass is 278 g/mol. The van der Waals surface area contributed by atoms with Crippen LogP contribution in [0.15, 0.2) is 18.2 Å². The van der Waals surface area contributed by atoms with Gasteiger partial charge in [-0.2, -0.15) is 0 Å². The van der Waals surface area contributed by atoms with Crippen LogP contribution in [-0.4, -0.2) is 25.3 Å². The van der Waals surface area contributed by atoms with Crippen LogP contribution in [0.3, 0.4) is 0 Å². The topological polar surface area (TPSA) is 55.8 Å². The molecule has 0 radical (unpaired) electrons. The second kappa shape index (κ2) is 6.16. The van der Waals surface area contributed by atoms with E-state index in [4.69, 9.17) is 9.47 Å². The van der Waals surface area contributed by atoms with Gasteiger partial charge in [0.1, 0.15) is 0 Å². The predicted molar refractivity (Wildman–Crippen MR) is 75.9 cm³/mol. The highest BCUT2D eigenvalue weighted by molar-refractivity contribution is 5.75. The van der Waals surface area contributed by atoms with E-state index >= 15 is 0 Å². The van der Waals surface area contributed by atoms with Gasteiger partial charge < -0.3 is 14.6 Å². The highest BCUT2D eigenvalue weighted by atomic mass is 16.5. The molecule has 4 heteroatoms. The minimum atomic E-state index is -0.111. The minimum absolute atomic E-state index is 0.0433. The van der Waals surface area contributed by atoms with Crippen LogP contribution in [0.5, 0.6) is 11.5 Å². The quantitative estimate of drug-likeness (QED) is 0.812. The Kier molecular flexibility index (Phi) is 4.53. The molecule has 1 N–H and O–H groups in total. The van der Waals surface area contributed by atoms with Crippen molar-refractivity contribution in [2.75, 3.05) is 14.2 Å². The lowest BCUT2D eigenvalue weighted by molar-refractivity contribution is -0.142. The third-order valence-electron chi connectivity index (χ3n) is 4.20. The normalized spacial score (nSPS) is 22.1. The van der Waals surface area contributed by atoms with E-state index in [0.717, 1.165) is 24.8 Å². The molecule has 0 aliphatic heterocycles. The van der Waals surface area contributed by atoms with Crippen LogP contribution in [0.4, 0.5) is 0 Å². The predicted octanol–water partition coefficient (Wildman–Crippen LogP) is 3.09. The number of carbonyl (C=O) groups excluding carboxylic acids is 1. The first kappa shape index (κ1) is 14.7. The maximum Gasteiger partial charge on any atom is 0.308 e. The van der Waals surface area contributed by atoms with Gasteiger partial charge in [-0.25, -0.2) is 0 Å². The summed E-state index contributed by atoms with van der Waals surface area (Å²) in [5, 5.41) is 10.2. The van der Waals surface area contributed by atoms with Crippen LogP contribution in [0.2, 0.25) is 0 Å². The molecule has 1 aromatic carbocycles. The Morgan fingerprint density at radius 2 is 2.20 bits per heavy atom. The smallest absolute Gasteiger partial charge is 0.308 e. The molecule has 3 unspecified atom stereocenters. The molecular weight excluding hydrogens is 256 g/mol. The molecule has 3 atom stereocenters. The number of carbonyl (C=O) groups is 1. The van der Waals surface area contributed by atoms with Gasteiger partial charge in [0.15, 0.2) is 11.5 Å². The SMILES string of the molecule is CCC(CC1CC1C(=O)OC)c1cccc(OC)c1O. The Hall–Kier alpha value is -1.71. The van der Waals surface area contributed by atoms with Gasteiger partial charge in [-0.3, -0.25) is 4.79 Å². The standard InChI is InChI=1S/C16H22O4/c1-4-10(8-11-9-13(11)16(18)20-3)12-6-5-7-14(19-2)15(12)17/h5-7,10-11,13,17H,4,8-9H2,1-3H3. The fourth-order valence-electron chi connectivity index (χ4n) is 2.86. The van der Waals surface area contributed by atoms with Crippen LogP contribution in [0.1, 0.15) is 37.7 Å². The highest BCUT2D eigenvalue weighted by Crippen LogP contribution is 2.48. The van der Waals surface area contributed by atoms with Crippen molar-refractivity contribution in [3.63, 3.8) is 0 Å². The Morgan fingerprint density at radius 1 is 1.45 bits per heavy atom. The van der Waals surface area contributed by atoms with Crippen molar-refractivity contribution in [2.45, 2.75) is 32.1 Å². The summed E-state index contributed by atoms with van der Waals surface area (Å²) in [4.78, 5) is 11.5. The number of para-hydroxylation sites is 1. The molecule has 1 aliphatic rings. The summed E-state index contributed by atoms with van der Waals surface area (Å²) in [6.45, 7) is 2.10. The Labute approximate surface area is 119 Å². The molecule has 4 nitrogen and oxygen atoms in total. The van der Waals surface area contributed by atoms with E-state index in [1.54, 1.807) is 13.2 Å². The summed E-state index contributed by atoms with van der Waals surface area (Å²) in [5.41, 5.74) is 0.905. The fourth-order valence-corrected chi connectivity index (χ4v) is 2.86. The van der Waals surface area contributed by atoms with Gasteiger partial charge in [0.2, 0.25) is 0 Å². The highest BCUT2D eigenvalue weighted by Gasteiger charge is 2.44. The van der Waals surface area contributed by atoms with Crippen LogP contribution < -0.4 is 4.74 Å². The van der Waals surface area contributed by atoms with Gasteiger partial charge in [-0.1, -0.05) is 19.1 Å². The molecule has 1 fully saturated rings. The van der Waals surface area contributed by atoms with Crippen LogP contribution in [0.25, 0.3) is 0 Å². The number of methoxy groups -OCH3 is 2. The molecule has 1 saturated carbocycles. The maximum atomic E-state index is 11.5. The van der Waals surface area contributed by atoms with E-state index in [9.17, 15) is 9.90 Å². The number of phenols is 1. The third kappa shape index (κ3) is 2.89. The summed E-state index contributed by atoms with van der Waals surface area (Å²) in [7, 11) is 2.98.